The van der Waals surface area contributed by atoms with E-state index in [0.717, 1.165) is 33.2 Å². The van der Waals surface area contributed by atoms with Gasteiger partial charge in [-0.15, -0.1) is 0 Å². The third-order valence-electron chi connectivity index (χ3n) is 5.50. The molecule has 5 rings (SSSR count). The first-order chi connectivity index (χ1) is 15.5. The van der Waals surface area contributed by atoms with E-state index in [-0.39, 0.29) is 25.0 Å². The highest BCUT2D eigenvalue weighted by molar-refractivity contribution is 6.30. The Labute approximate surface area is 190 Å². The van der Waals surface area contributed by atoms with Crippen LogP contribution in [0.2, 0.25) is 5.15 Å². The summed E-state index contributed by atoms with van der Waals surface area (Å²) >= 11 is 6.55. The Morgan fingerprint density at radius 1 is 1.06 bits per heavy atom. The molecule has 0 bridgehead atoms. The summed E-state index contributed by atoms with van der Waals surface area (Å²) < 4.78 is 16.3. The highest BCUT2D eigenvalue weighted by Crippen LogP contribution is 2.33. The van der Waals surface area contributed by atoms with Gasteiger partial charge in [0, 0.05) is 24.0 Å². The van der Waals surface area contributed by atoms with Crippen LogP contribution in [-0.4, -0.2) is 22.6 Å². The van der Waals surface area contributed by atoms with Crippen molar-refractivity contribution < 1.29 is 18.7 Å². The lowest BCUT2D eigenvalue weighted by Crippen LogP contribution is -2.30. The normalized spacial score (nSPS) is 12.3. The van der Waals surface area contributed by atoms with Crippen LogP contribution in [0.15, 0.2) is 59.2 Å². The van der Waals surface area contributed by atoms with Crippen LogP contribution in [0.3, 0.4) is 0 Å². The van der Waals surface area contributed by atoms with Gasteiger partial charge in [-0.05, 0) is 66.9 Å². The molecule has 0 unspecified atom stereocenters. The fraction of sp³-hybridized carbons (Fsp3) is 0.200. The zero-order valence-corrected chi connectivity index (χ0v) is 18.5. The zero-order chi connectivity index (χ0) is 22.2. The molecule has 2 aromatic carbocycles. The lowest BCUT2D eigenvalue weighted by Gasteiger charge is -2.23. The summed E-state index contributed by atoms with van der Waals surface area (Å²) in [6.45, 7) is 4.91. The van der Waals surface area contributed by atoms with Crippen molar-refractivity contribution >= 4 is 28.4 Å². The van der Waals surface area contributed by atoms with Crippen molar-refractivity contribution in [3.05, 3.63) is 88.0 Å². The Hall–Kier alpha value is -3.51. The predicted octanol–water partition coefficient (Wildman–Crippen LogP) is 5.67. The van der Waals surface area contributed by atoms with Gasteiger partial charge in [-0.2, -0.15) is 0 Å². The molecule has 0 aliphatic carbocycles. The molecule has 0 atom stereocenters. The summed E-state index contributed by atoms with van der Waals surface area (Å²) in [4.78, 5) is 19.5. The van der Waals surface area contributed by atoms with E-state index in [2.05, 4.69) is 11.1 Å². The van der Waals surface area contributed by atoms with Crippen molar-refractivity contribution in [3.63, 3.8) is 0 Å². The van der Waals surface area contributed by atoms with E-state index in [1.807, 2.05) is 44.2 Å². The molecule has 0 saturated carbocycles. The smallest absolute Gasteiger partial charge is 0.290 e. The summed E-state index contributed by atoms with van der Waals surface area (Å²) in [7, 11) is 0. The van der Waals surface area contributed by atoms with Gasteiger partial charge in [-0.1, -0.05) is 23.7 Å². The Kier molecular flexibility index (Phi) is 5.23. The Morgan fingerprint density at radius 2 is 1.91 bits per heavy atom. The van der Waals surface area contributed by atoms with Crippen LogP contribution in [0.4, 0.5) is 0 Å². The molecule has 3 heterocycles. The van der Waals surface area contributed by atoms with E-state index in [1.54, 1.807) is 17.0 Å². The van der Waals surface area contributed by atoms with Gasteiger partial charge < -0.3 is 18.8 Å². The maximum Gasteiger partial charge on any atom is 0.290 e. The lowest BCUT2D eigenvalue weighted by molar-refractivity contribution is 0.0697. The van der Waals surface area contributed by atoms with Gasteiger partial charge in [0.1, 0.15) is 5.15 Å². The van der Waals surface area contributed by atoms with Crippen molar-refractivity contribution in [2.75, 3.05) is 6.79 Å². The minimum Gasteiger partial charge on any atom is -0.459 e. The molecular weight excluding hydrogens is 428 g/mol. The molecule has 162 valence electrons. The van der Waals surface area contributed by atoms with E-state index in [1.165, 1.54) is 6.26 Å². The molecular formula is C25H21ClN2O4. The van der Waals surface area contributed by atoms with Crippen LogP contribution in [0.25, 0.3) is 10.9 Å². The molecule has 1 amide bonds. The number of hydrogen-bond acceptors (Lipinski definition) is 5. The van der Waals surface area contributed by atoms with Gasteiger partial charge in [-0.25, -0.2) is 4.98 Å². The fourth-order valence-corrected chi connectivity index (χ4v) is 4.19. The van der Waals surface area contributed by atoms with E-state index in [4.69, 9.17) is 25.5 Å². The molecule has 7 heteroatoms. The Bertz CT molecular complexity index is 1320. The number of amides is 1. The maximum absolute atomic E-state index is 13.2. The molecule has 0 N–H and O–H groups in total. The topological polar surface area (TPSA) is 64.8 Å². The quantitative estimate of drug-likeness (QED) is 0.368. The number of benzene rings is 2. The number of carbonyl (C=O) groups excluding carboxylic acids is 1. The first kappa shape index (κ1) is 20.4. The van der Waals surface area contributed by atoms with Crippen molar-refractivity contribution in [1.29, 1.82) is 0 Å². The number of nitrogens with zero attached hydrogens (tertiary/aromatic N) is 2. The predicted molar refractivity (Wildman–Crippen MR) is 121 cm³/mol. The molecule has 1 aliphatic heterocycles. The second kappa shape index (κ2) is 8.20. The number of rotatable bonds is 5. The molecule has 6 nitrogen and oxygen atoms in total. The average molecular weight is 449 g/mol. The van der Waals surface area contributed by atoms with Gasteiger partial charge in [-0.3, -0.25) is 4.79 Å². The SMILES string of the molecule is Cc1cc(C)c2cc(CN(Cc3ccc4c(c3)OCO4)C(=O)c3ccco3)c(Cl)nc2c1. The number of carbonyl (C=O) groups is 1. The summed E-state index contributed by atoms with van der Waals surface area (Å²) in [6, 6.07) is 15.1. The zero-order valence-electron chi connectivity index (χ0n) is 17.7. The van der Waals surface area contributed by atoms with E-state index in [9.17, 15) is 4.79 Å². The van der Waals surface area contributed by atoms with Crippen molar-refractivity contribution in [3.8, 4) is 11.5 Å². The number of pyridine rings is 1. The average Bonchev–Trinajstić information content (AvgIpc) is 3.45. The number of ether oxygens (including phenoxy) is 2. The summed E-state index contributed by atoms with van der Waals surface area (Å²) in [6.07, 6.45) is 1.49. The van der Waals surface area contributed by atoms with Crippen LogP contribution in [0, 0.1) is 13.8 Å². The van der Waals surface area contributed by atoms with Gasteiger partial charge >= 0.3 is 0 Å². The molecule has 0 fully saturated rings. The minimum absolute atomic E-state index is 0.199. The fourth-order valence-electron chi connectivity index (χ4n) is 3.98. The van der Waals surface area contributed by atoms with Crippen molar-refractivity contribution in [2.45, 2.75) is 26.9 Å². The molecule has 2 aromatic heterocycles. The largest absolute Gasteiger partial charge is 0.459 e. The minimum atomic E-state index is -0.232. The first-order valence-corrected chi connectivity index (χ1v) is 10.6. The molecule has 32 heavy (non-hydrogen) atoms. The van der Waals surface area contributed by atoms with Crippen LogP contribution in [0.5, 0.6) is 11.5 Å². The molecule has 4 aromatic rings. The van der Waals surface area contributed by atoms with E-state index < -0.39 is 0 Å². The second-order valence-electron chi connectivity index (χ2n) is 7.91. The molecule has 0 spiro atoms. The third kappa shape index (κ3) is 3.89. The van der Waals surface area contributed by atoms with Gasteiger partial charge in [0.25, 0.3) is 5.91 Å². The maximum atomic E-state index is 13.2. The second-order valence-corrected chi connectivity index (χ2v) is 8.27. The highest BCUT2D eigenvalue weighted by atomic mass is 35.5. The lowest BCUT2D eigenvalue weighted by atomic mass is 10.0. The van der Waals surface area contributed by atoms with E-state index in [0.29, 0.717) is 23.2 Å². The Balaban J connectivity index is 1.50. The number of halogens is 1. The molecule has 1 aliphatic rings. The number of hydrogen-bond donors (Lipinski definition) is 0. The van der Waals surface area contributed by atoms with Crippen LogP contribution >= 0.6 is 11.6 Å². The number of aryl methyl sites for hydroxylation is 2. The van der Waals surface area contributed by atoms with Gasteiger partial charge in [0.05, 0.1) is 11.8 Å². The van der Waals surface area contributed by atoms with Crippen molar-refractivity contribution in [2.24, 2.45) is 0 Å². The van der Waals surface area contributed by atoms with Crippen LogP contribution in [-0.2, 0) is 13.1 Å². The number of fused-ring (bicyclic) bond motifs is 2. The monoisotopic (exact) mass is 448 g/mol. The number of furan rings is 1. The van der Waals surface area contributed by atoms with Crippen LogP contribution in [0.1, 0.15) is 32.8 Å². The van der Waals surface area contributed by atoms with Gasteiger partial charge in [0.15, 0.2) is 17.3 Å². The first-order valence-electron chi connectivity index (χ1n) is 10.3. The highest BCUT2D eigenvalue weighted by Gasteiger charge is 2.22. The Morgan fingerprint density at radius 3 is 2.72 bits per heavy atom. The number of aromatic nitrogens is 1. The molecule has 0 radical (unpaired) electrons. The summed E-state index contributed by atoms with van der Waals surface area (Å²) in [5, 5.41) is 1.40. The van der Waals surface area contributed by atoms with Crippen molar-refractivity contribution in [1.82, 2.24) is 9.88 Å². The van der Waals surface area contributed by atoms with Gasteiger partial charge in [0.2, 0.25) is 6.79 Å². The van der Waals surface area contributed by atoms with E-state index >= 15 is 0 Å². The molecule has 0 saturated heterocycles. The summed E-state index contributed by atoms with van der Waals surface area (Å²) in [5.41, 5.74) is 4.77. The standard InChI is InChI=1S/C25H21ClN2O4/c1-15-8-16(2)19-11-18(24(26)27-20(19)9-15)13-28(25(29)22-4-3-7-30-22)12-17-5-6-21-23(10-17)32-14-31-21/h3-11H,12-14H2,1-2H3. The summed E-state index contributed by atoms with van der Waals surface area (Å²) in [5.74, 6) is 1.40. The van der Waals surface area contributed by atoms with Crippen LogP contribution < -0.4 is 9.47 Å². The third-order valence-corrected chi connectivity index (χ3v) is 5.83.